The van der Waals surface area contributed by atoms with Gasteiger partial charge in [0.1, 0.15) is 6.04 Å². The summed E-state index contributed by atoms with van der Waals surface area (Å²) in [4.78, 5) is 21.6. The summed E-state index contributed by atoms with van der Waals surface area (Å²) >= 11 is 0. The van der Waals surface area contributed by atoms with Crippen LogP contribution in [0.4, 0.5) is 0 Å². The average molecular weight is 266 g/mol. The Bertz CT molecular complexity index is 420. The Kier molecular flexibility index (Phi) is 4.07. The van der Waals surface area contributed by atoms with E-state index < -0.39 is 34.3 Å². The predicted molar refractivity (Wildman–Crippen MR) is 56.0 cm³/mol. The predicted octanol–water partition coefficient (Wildman–Crippen LogP) is -1.33. The Labute approximate surface area is 98.6 Å². The number of nitrogens with zero attached hydrogens (tertiary/aromatic N) is 1. The minimum absolute atomic E-state index is 0.117. The van der Waals surface area contributed by atoms with Crippen LogP contribution in [0.3, 0.4) is 0 Å². The highest BCUT2D eigenvalue weighted by Crippen LogP contribution is 2.25. The fourth-order valence-corrected chi connectivity index (χ4v) is 2.56. The Morgan fingerprint density at radius 2 is 2.18 bits per heavy atom. The van der Waals surface area contributed by atoms with Crippen molar-refractivity contribution in [3.63, 3.8) is 0 Å². The summed E-state index contributed by atoms with van der Waals surface area (Å²) in [5, 5.41) is 0. The van der Waals surface area contributed by atoms with Crippen LogP contribution in [0.25, 0.3) is 0 Å². The second kappa shape index (κ2) is 4.98. The molecule has 3 N–H and O–H groups in total. The second-order valence-corrected chi connectivity index (χ2v) is 4.98. The molecule has 1 heterocycles. The fourth-order valence-electron chi connectivity index (χ4n) is 1.63. The first-order valence-corrected chi connectivity index (χ1v) is 6.34. The largest absolute Gasteiger partial charge is 0.466 e. The number of carbonyl (C=O) groups is 2. The Morgan fingerprint density at radius 3 is 2.65 bits per heavy atom. The molecule has 1 saturated heterocycles. The summed E-state index contributed by atoms with van der Waals surface area (Å²) in [6.45, 7) is 1.37. The van der Waals surface area contributed by atoms with E-state index in [0.717, 1.165) is 0 Å². The molecule has 0 spiro atoms. The van der Waals surface area contributed by atoms with Crippen molar-refractivity contribution in [1.29, 1.82) is 0 Å². The first-order chi connectivity index (χ1) is 7.75. The molecule has 1 fully saturated rings. The fraction of sp³-hybridized carbons (Fsp3) is 0.750. The zero-order chi connectivity index (χ0) is 13.2. The minimum atomic E-state index is -4.55. The van der Waals surface area contributed by atoms with E-state index in [1.165, 1.54) is 6.92 Å². The van der Waals surface area contributed by atoms with Gasteiger partial charge < -0.3 is 10.5 Å². The van der Waals surface area contributed by atoms with Crippen molar-refractivity contribution in [1.82, 2.24) is 4.31 Å². The van der Waals surface area contributed by atoms with Crippen LogP contribution in [0.5, 0.6) is 0 Å². The molecule has 9 heteroatoms. The topological polar surface area (TPSA) is 127 Å². The highest BCUT2D eigenvalue weighted by molar-refractivity contribution is 7.84. The number of amides is 1. The number of β-lactam (4-membered cyclic amide) rings is 1. The number of esters is 1. The van der Waals surface area contributed by atoms with E-state index in [0.29, 0.717) is 10.7 Å². The van der Waals surface area contributed by atoms with Gasteiger partial charge in [0, 0.05) is 6.92 Å². The molecule has 0 aromatic heterocycles. The third-order valence-electron chi connectivity index (χ3n) is 2.42. The number of hydrogen-bond donors (Lipinski definition) is 2. The Balaban J connectivity index is 2.47. The van der Waals surface area contributed by atoms with Crippen molar-refractivity contribution < 1.29 is 27.3 Å². The minimum Gasteiger partial charge on any atom is -0.466 e. The van der Waals surface area contributed by atoms with E-state index in [-0.39, 0.29) is 13.0 Å². The molecular weight excluding hydrogens is 252 g/mol. The van der Waals surface area contributed by atoms with E-state index >= 15 is 0 Å². The van der Waals surface area contributed by atoms with E-state index in [1.54, 1.807) is 0 Å². The molecule has 17 heavy (non-hydrogen) atoms. The van der Waals surface area contributed by atoms with E-state index in [1.807, 2.05) is 0 Å². The quantitative estimate of drug-likeness (QED) is 0.273. The molecule has 1 aliphatic heterocycles. The second-order valence-electron chi connectivity index (χ2n) is 3.69. The Hall–Kier alpha value is -1.19. The molecule has 1 amide bonds. The molecule has 0 unspecified atom stereocenters. The van der Waals surface area contributed by atoms with E-state index in [4.69, 9.17) is 10.3 Å². The summed E-state index contributed by atoms with van der Waals surface area (Å²) in [6.07, 6.45) is 0.594. The lowest BCUT2D eigenvalue weighted by Gasteiger charge is -2.42. The van der Waals surface area contributed by atoms with Gasteiger partial charge in [-0.25, -0.2) is 4.31 Å². The van der Waals surface area contributed by atoms with Crippen molar-refractivity contribution in [3.8, 4) is 0 Å². The van der Waals surface area contributed by atoms with Gasteiger partial charge in [-0.15, -0.1) is 0 Å². The molecule has 1 aliphatic rings. The van der Waals surface area contributed by atoms with Gasteiger partial charge in [0.05, 0.1) is 12.6 Å². The van der Waals surface area contributed by atoms with Crippen molar-refractivity contribution in [2.45, 2.75) is 31.8 Å². The highest BCUT2D eigenvalue weighted by atomic mass is 32.2. The van der Waals surface area contributed by atoms with Gasteiger partial charge in [-0.2, -0.15) is 8.42 Å². The SMILES string of the molecule is CC(=O)OCCC[C@@H]1[C@H](N)C(=O)N1S(=O)(=O)O. The first-order valence-electron chi connectivity index (χ1n) is 4.94. The van der Waals surface area contributed by atoms with Gasteiger partial charge >= 0.3 is 16.3 Å². The Morgan fingerprint density at radius 1 is 1.59 bits per heavy atom. The highest BCUT2D eigenvalue weighted by Gasteiger charge is 2.50. The summed E-state index contributed by atoms with van der Waals surface area (Å²) < 4.78 is 35.5. The van der Waals surface area contributed by atoms with Crippen LogP contribution in [0.15, 0.2) is 0 Å². The standard InChI is InChI=1S/C8H14N2O6S/c1-5(11)16-4-2-3-6-7(9)8(12)10(6)17(13,14)15/h6-7H,2-4,9H2,1H3,(H,13,14,15)/t6-,7+/m1/s1. The van der Waals surface area contributed by atoms with Crippen molar-refractivity contribution in [2.24, 2.45) is 5.73 Å². The third kappa shape index (κ3) is 3.14. The molecular formula is C8H14N2O6S. The lowest BCUT2D eigenvalue weighted by atomic mass is 9.95. The van der Waals surface area contributed by atoms with Crippen LogP contribution in [0.2, 0.25) is 0 Å². The maximum atomic E-state index is 11.1. The monoisotopic (exact) mass is 266 g/mol. The molecule has 1 rings (SSSR count). The average Bonchev–Trinajstić information content (AvgIpc) is 2.19. The molecule has 2 atom stereocenters. The van der Waals surface area contributed by atoms with Crippen molar-refractivity contribution >= 4 is 22.2 Å². The van der Waals surface area contributed by atoms with E-state index in [2.05, 4.69) is 4.74 Å². The van der Waals surface area contributed by atoms with Crippen LogP contribution in [0.1, 0.15) is 19.8 Å². The van der Waals surface area contributed by atoms with Gasteiger partial charge in [0.2, 0.25) is 0 Å². The molecule has 0 aromatic rings. The molecule has 0 aromatic carbocycles. The van der Waals surface area contributed by atoms with Gasteiger partial charge in [-0.05, 0) is 12.8 Å². The number of nitrogens with two attached hydrogens (primary N) is 1. The van der Waals surface area contributed by atoms with Gasteiger partial charge in [0.25, 0.3) is 5.91 Å². The van der Waals surface area contributed by atoms with E-state index in [9.17, 15) is 18.0 Å². The maximum absolute atomic E-state index is 11.1. The number of hydrogen-bond acceptors (Lipinski definition) is 6. The lowest BCUT2D eigenvalue weighted by Crippen LogP contribution is -2.69. The van der Waals surface area contributed by atoms with Crippen LogP contribution in [0, 0.1) is 0 Å². The molecule has 0 radical (unpaired) electrons. The van der Waals surface area contributed by atoms with Crippen molar-refractivity contribution in [3.05, 3.63) is 0 Å². The molecule has 0 bridgehead atoms. The van der Waals surface area contributed by atoms with Crippen molar-refractivity contribution in [2.75, 3.05) is 6.61 Å². The summed E-state index contributed by atoms with van der Waals surface area (Å²) in [6, 6.07) is -1.71. The van der Waals surface area contributed by atoms with Crippen LogP contribution < -0.4 is 5.73 Å². The van der Waals surface area contributed by atoms with Gasteiger partial charge in [-0.3, -0.25) is 14.1 Å². The maximum Gasteiger partial charge on any atom is 0.362 e. The normalized spacial score (nSPS) is 24.4. The van der Waals surface area contributed by atoms with Crippen LogP contribution in [-0.2, 0) is 24.6 Å². The van der Waals surface area contributed by atoms with Crippen LogP contribution >= 0.6 is 0 Å². The zero-order valence-electron chi connectivity index (χ0n) is 9.20. The van der Waals surface area contributed by atoms with Gasteiger partial charge in [-0.1, -0.05) is 0 Å². The molecule has 0 aliphatic carbocycles. The summed E-state index contributed by atoms with van der Waals surface area (Å²) in [5.41, 5.74) is 5.42. The zero-order valence-corrected chi connectivity index (χ0v) is 10.0. The smallest absolute Gasteiger partial charge is 0.362 e. The summed E-state index contributed by atoms with van der Waals surface area (Å²) in [5.74, 6) is -1.27. The van der Waals surface area contributed by atoms with Gasteiger partial charge in [0.15, 0.2) is 0 Å². The molecule has 0 saturated carbocycles. The van der Waals surface area contributed by atoms with Crippen LogP contribution in [-0.4, -0.2) is 47.8 Å². The number of carbonyl (C=O) groups excluding carboxylic acids is 2. The molecule has 98 valence electrons. The summed E-state index contributed by atoms with van der Waals surface area (Å²) in [7, 11) is -4.55. The first kappa shape index (κ1) is 13.9. The third-order valence-corrected chi connectivity index (χ3v) is 3.36. The molecule has 8 nitrogen and oxygen atoms in total. The number of ether oxygens (including phenoxy) is 1. The lowest BCUT2D eigenvalue weighted by molar-refractivity contribution is -0.144. The number of rotatable bonds is 5.